The first-order valence-corrected chi connectivity index (χ1v) is 20.7. The minimum atomic E-state index is -1.82. The molecule has 10 nitrogen and oxygen atoms in total. The highest BCUT2D eigenvalue weighted by Crippen LogP contribution is 2.40. The maximum Gasteiger partial charge on any atom is 0.254 e. The molecule has 3 aromatic heterocycles. The largest absolute Gasteiger partial charge is 0.497 e. The maximum atomic E-state index is 12.7. The number of carbonyl (C=O) groups is 1. The number of anilines is 1. The van der Waals surface area contributed by atoms with Gasteiger partial charge in [-0.25, -0.2) is 9.67 Å². The van der Waals surface area contributed by atoms with Crippen molar-refractivity contribution >= 4 is 31.1 Å². The number of carbonyl (C=O) groups excluding carboxylic acids is 1. The number of benzene rings is 2. The first-order chi connectivity index (χ1) is 23.9. The van der Waals surface area contributed by atoms with E-state index in [0.29, 0.717) is 30.8 Å². The van der Waals surface area contributed by atoms with E-state index in [1.54, 1.807) is 24.2 Å². The predicted molar refractivity (Wildman–Crippen MR) is 202 cm³/mol. The molecule has 5 aromatic rings. The van der Waals surface area contributed by atoms with Crippen LogP contribution < -0.4 is 15.4 Å². The molecule has 1 aliphatic rings. The molecule has 1 saturated carbocycles. The molecule has 2 aromatic carbocycles. The van der Waals surface area contributed by atoms with Gasteiger partial charge in [0.25, 0.3) is 5.91 Å². The fourth-order valence-electron chi connectivity index (χ4n) is 6.31. The first-order valence-electron chi connectivity index (χ1n) is 17.8. The summed E-state index contributed by atoms with van der Waals surface area (Å²) in [5.41, 5.74) is 5.66. The molecular formula is C39H51N7O3Si. The van der Waals surface area contributed by atoms with Crippen molar-refractivity contribution in [3.63, 3.8) is 0 Å². The summed E-state index contributed by atoms with van der Waals surface area (Å²) in [5, 5.41) is 17.4. The van der Waals surface area contributed by atoms with E-state index in [9.17, 15) is 4.79 Å². The van der Waals surface area contributed by atoms with Crippen LogP contribution in [0.5, 0.6) is 5.75 Å². The van der Waals surface area contributed by atoms with Crippen molar-refractivity contribution < 1.29 is 14.0 Å². The molecule has 264 valence electrons. The number of nitrogens with one attached hydrogen (secondary N) is 2. The minimum Gasteiger partial charge on any atom is -0.497 e. The highest BCUT2D eigenvalue weighted by Gasteiger charge is 2.40. The molecule has 3 heterocycles. The summed E-state index contributed by atoms with van der Waals surface area (Å²) in [6, 6.07) is 18.8. The molecule has 1 amide bonds. The third-order valence-electron chi connectivity index (χ3n) is 10.3. The summed E-state index contributed by atoms with van der Waals surface area (Å²) >= 11 is 0. The van der Waals surface area contributed by atoms with Gasteiger partial charge in [-0.05, 0) is 91.2 Å². The van der Waals surface area contributed by atoms with Crippen LogP contribution in [0.1, 0.15) is 74.9 Å². The second-order valence-corrected chi connectivity index (χ2v) is 19.6. The lowest BCUT2D eigenvalue weighted by molar-refractivity contribution is 0.0950. The van der Waals surface area contributed by atoms with E-state index in [2.05, 4.69) is 92.1 Å². The van der Waals surface area contributed by atoms with Crippen LogP contribution in [0.25, 0.3) is 22.2 Å². The van der Waals surface area contributed by atoms with E-state index in [4.69, 9.17) is 19.2 Å². The molecule has 0 radical (unpaired) electrons. The molecule has 1 fully saturated rings. The van der Waals surface area contributed by atoms with E-state index >= 15 is 0 Å². The Kier molecular flexibility index (Phi) is 10.5. The number of nitrogens with zero attached hydrogens (tertiary/aromatic N) is 5. The van der Waals surface area contributed by atoms with Gasteiger partial charge in [0.15, 0.2) is 19.8 Å². The average Bonchev–Trinajstić information content (AvgIpc) is 3.73. The van der Waals surface area contributed by atoms with Crippen LogP contribution >= 0.6 is 0 Å². The summed E-state index contributed by atoms with van der Waals surface area (Å²) < 4.78 is 15.9. The topological polar surface area (TPSA) is 108 Å². The number of methoxy groups -OCH3 is 1. The number of hydrogen-bond acceptors (Lipinski definition) is 7. The zero-order valence-corrected chi connectivity index (χ0v) is 31.5. The van der Waals surface area contributed by atoms with Gasteiger partial charge in [0.05, 0.1) is 30.8 Å². The van der Waals surface area contributed by atoms with E-state index in [0.717, 1.165) is 77.1 Å². The zero-order valence-electron chi connectivity index (χ0n) is 30.5. The van der Waals surface area contributed by atoms with Crippen LogP contribution in [0.4, 0.5) is 5.82 Å². The second kappa shape index (κ2) is 14.8. The SMILES string of the molecule is CCn1cc(C(=O)NCc2ccc(-c3ccnc4c3c(NC3CCC(O[Si](C)(C)C(C)(C)C)CC3)nn4Cc3ccc(OC)cc3)cc2)cn1. The number of amides is 1. The Morgan fingerprint density at radius 2 is 1.68 bits per heavy atom. The van der Waals surface area contributed by atoms with E-state index < -0.39 is 8.32 Å². The van der Waals surface area contributed by atoms with Crippen LogP contribution in [0.2, 0.25) is 18.1 Å². The van der Waals surface area contributed by atoms with Crippen LogP contribution in [-0.4, -0.2) is 58.0 Å². The summed E-state index contributed by atoms with van der Waals surface area (Å²) in [5.74, 6) is 1.55. The summed E-state index contributed by atoms with van der Waals surface area (Å²) in [7, 11) is -0.138. The van der Waals surface area contributed by atoms with Crippen molar-refractivity contribution in [2.45, 2.75) is 103 Å². The van der Waals surface area contributed by atoms with Crippen molar-refractivity contribution in [3.05, 3.63) is 89.9 Å². The molecule has 0 unspecified atom stereocenters. The third-order valence-corrected chi connectivity index (χ3v) is 14.9. The Balaban J connectivity index is 1.23. The summed E-state index contributed by atoms with van der Waals surface area (Å²) in [4.78, 5) is 17.5. The number of hydrogen-bond donors (Lipinski definition) is 2. The maximum absolute atomic E-state index is 12.7. The Morgan fingerprint density at radius 1 is 0.980 bits per heavy atom. The molecule has 11 heteroatoms. The van der Waals surface area contributed by atoms with E-state index in [1.807, 2.05) is 29.9 Å². The molecule has 50 heavy (non-hydrogen) atoms. The van der Waals surface area contributed by atoms with Crippen LogP contribution in [0.3, 0.4) is 0 Å². The predicted octanol–water partition coefficient (Wildman–Crippen LogP) is 8.05. The normalized spacial score (nSPS) is 16.8. The number of pyridine rings is 1. The van der Waals surface area contributed by atoms with Crippen molar-refractivity contribution in [2.75, 3.05) is 12.4 Å². The molecular weight excluding hydrogens is 643 g/mol. The van der Waals surface area contributed by atoms with Crippen molar-refractivity contribution in [1.29, 1.82) is 0 Å². The molecule has 2 N–H and O–H groups in total. The monoisotopic (exact) mass is 693 g/mol. The van der Waals surface area contributed by atoms with Gasteiger partial charge in [-0.1, -0.05) is 57.2 Å². The summed E-state index contributed by atoms with van der Waals surface area (Å²) in [6.07, 6.45) is 9.68. The molecule has 0 atom stereocenters. The number of fused-ring (bicyclic) bond motifs is 1. The second-order valence-electron chi connectivity index (χ2n) is 14.9. The van der Waals surface area contributed by atoms with Crippen LogP contribution in [0, 0.1) is 0 Å². The standard InChI is InChI=1S/C39H51N7O3Si/c1-8-45-26-30(24-42-45)38(47)41-23-27-9-13-29(14-10-27)34-21-22-40-37-35(34)36(44-46(37)25-28-11-17-32(48-5)18-12-28)43-31-15-19-33(20-16-31)49-50(6,7)39(2,3)4/h9-14,17-18,21-22,24,26,31,33H,8,15-16,19-20,23,25H2,1-7H3,(H,41,47)(H,43,44). The number of aromatic nitrogens is 5. The number of rotatable bonds is 12. The lowest BCUT2D eigenvalue weighted by Crippen LogP contribution is -2.45. The van der Waals surface area contributed by atoms with Gasteiger partial charge in [-0.3, -0.25) is 9.48 Å². The Hall–Kier alpha value is -4.48. The van der Waals surface area contributed by atoms with E-state index in [1.165, 1.54) is 0 Å². The Labute approximate surface area is 296 Å². The lowest BCUT2D eigenvalue weighted by atomic mass is 9.93. The molecule has 0 spiro atoms. The van der Waals surface area contributed by atoms with Gasteiger partial charge in [0.1, 0.15) is 5.75 Å². The van der Waals surface area contributed by atoms with Crippen molar-refractivity contribution in [2.24, 2.45) is 0 Å². The quantitative estimate of drug-likeness (QED) is 0.127. The van der Waals surface area contributed by atoms with Gasteiger partial charge < -0.3 is 19.8 Å². The fraction of sp³-hybridized carbons (Fsp3) is 0.436. The molecule has 0 saturated heterocycles. The van der Waals surface area contributed by atoms with Crippen LogP contribution in [-0.2, 0) is 24.1 Å². The molecule has 6 rings (SSSR count). The van der Waals surface area contributed by atoms with Gasteiger partial charge in [-0.15, -0.1) is 0 Å². The molecule has 0 bridgehead atoms. The Morgan fingerprint density at radius 3 is 2.32 bits per heavy atom. The fourth-order valence-corrected chi connectivity index (χ4v) is 7.73. The van der Waals surface area contributed by atoms with Gasteiger partial charge in [0.2, 0.25) is 0 Å². The number of ether oxygens (including phenoxy) is 1. The minimum absolute atomic E-state index is 0.134. The molecule has 1 aliphatic carbocycles. The summed E-state index contributed by atoms with van der Waals surface area (Å²) in [6.45, 7) is 15.3. The van der Waals surface area contributed by atoms with Gasteiger partial charge in [-0.2, -0.15) is 10.2 Å². The highest BCUT2D eigenvalue weighted by atomic mass is 28.4. The number of aryl methyl sites for hydroxylation is 1. The zero-order chi connectivity index (χ0) is 35.5. The Bertz CT molecular complexity index is 1900. The lowest BCUT2D eigenvalue weighted by Gasteiger charge is -2.41. The van der Waals surface area contributed by atoms with Gasteiger partial charge >= 0.3 is 0 Å². The first kappa shape index (κ1) is 35.3. The van der Waals surface area contributed by atoms with Crippen LogP contribution in [0.15, 0.2) is 73.2 Å². The molecule has 0 aliphatic heterocycles. The van der Waals surface area contributed by atoms with Crippen molar-refractivity contribution in [1.82, 2.24) is 29.9 Å². The van der Waals surface area contributed by atoms with E-state index in [-0.39, 0.29) is 10.9 Å². The highest BCUT2D eigenvalue weighted by molar-refractivity contribution is 6.74. The van der Waals surface area contributed by atoms with Crippen molar-refractivity contribution in [3.8, 4) is 16.9 Å². The average molecular weight is 694 g/mol. The third kappa shape index (κ3) is 7.94. The van der Waals surface area contributed by atoms with Gasteiger partial charge in [0, 0.05) is 37.6 Å². The smallest absolute Gasteiger partial charge is 0.254 e.